The summed E-state index contributed by atoms with van der Waals surface area (Å²) in [6, 6.07) is 10.1. The van der Waals surface area contributed by atoms with Crippen LogP contribution in [0.1, 0.15) is 45.3 Å². The van der Waals surface area contributed by atoms with Gasteiger partial charge in [0.2, 0.25) is 0 Å². The van der Waals surface area contributed by atoms with Crippen LogP contribution < -0.4 is 5.32 Å². The molecule has 0 saturated carbocycles. The molecule has 1 heterocycles. The van der Waals surface area contributed by atoms with E-state index < -0.39 is 0 Å². The number of nitrogens with one attached hydrogen (secondary N) is 1. The summed E-state index contributed by atoms with van der Waals surface area (Å²) < 4.78 is 4.55. The van der Waals surface area contributed by atoms with E-state index in [4.69, 9.17) is 0 Å². The first kappa shape index (κ1) is 16.7. The number of aliphatic hydroxyl groups excluding tert-OH is 1. The lowest BCUT2D eigenvalue weighted by atomic mass is 10.0. The Morgan fingerprint density at radius 1 is 1.35 bits per heavy atom. The second-order valence-electron chi connectivity index (χ2n) is 5.88. The highest BCUT2D eigenvalue weighted by Gasteiger charge is 2.23. The molecule has 0 bridgehead atoms. The van der Waals surface area contributed by atoms with Crippen LogP contribution in [0.5, 0.6) is 0 Å². The van der Waals surface area contributed by atoms with Gasteiger partial charge in [-0.3, -0.25) is 4.79 Å². The van der Waals surface area contributed by atoms with Gasteiger partial charge in [0.1, 0.15) is 5.60 Å². The van der Waals surface area contributed by atoms with Crippen molar-refractivity contribution in [2.75, 3.05) is 6.54 Å². The van der Waals surface area contributed by atoms with E-state index in [9.17, 15) is 9.90 Å². The number of hydrogen-bond acceptors (Lipinski definition) is 4. The third-order valence-corrected chi connectivity index (χ3v) is 3.02. The van der Waals surface area contributed by atoms with Crippen molar-refractivity contribution in [3.8, 4) is 0 Å². The molecule has 2 rings (SSSR count). The Hall–Kier alpha value is -1.39. The summed E-state index contributed by atoms with van der Waals surface area (Å²) >= 11 is 0. The smallest absolute Gasteiger partial charge is 0.293 e. The van der Waals surface area contributed by atoms with Crippen molar-refractivity contribution in [2.45, 2.75) is 51.4 Å². The number of aliphatic hydroxyl groups is 1. The molecule has 1 saturated heterocycles. The normalized spacial score (nSPS) is 19.7. The van der Waals surface area contributed by atoms with Crippen molar-refractivity contribution < 1.29 is 14.6 Å². The lowest BCUT2D eigenvalue weighted by Crippen LogP contribution is -2.28. The molecule has 1 aromatic rings. The van der Waals surface area contributed by atoms with Crippen LogP contribution in [0.3, 0.4) is 0 Å². The minimum Gasteiger partial charge on any atom is -0.462 e. The molecule has 0 aromatic heterocycles. The van der Waals surface area contributed by atoms with Crippen molar-refractivity contribution in [2.24, 2.45) is 0 Å². The van der Waals surface area contributed by atoms with E-state index in [1.54, 1.807) is 0 Å². The van der Waals surface area contributed by atoms with Crippen LogP contribution in [0.25, 0.3) is 0 Å². The molecule has 1 aliphatic heterocycles. The van der Waals surface area contributed by atoms with Crippen molar-refractivity contribution in [3.05, 3.63) is 35.9 Å². The predicted octanol–water partition coefficient (Wildman–Crippen LogP) is 2.43. The van der Waals surface area contributed by atoms with E-state index in [1.165, 1.54) is 6.42 Å². The number of carbonyl (C=O) groups is 1. The van der Waals surface area contributed by atoms with E-state index in [0.717, 1.165) is 18.5 Å². The van der Waals surface area contributed by atoms with Gasteiger partial charge in [-0.05, 0) is 45.7 Å². The molecule has 1 aromatic carbocycles. The molecule has 112 valence electrons. The van der Waals surface area contributed by atoms with Crippen molar-refractivity contribution in [1.29, 1.82) is 0 Å². The van der Waals surface area contributed by atoms with Crippen LogP contribution in [0.2, 0.25) is 0 Å². The fraction of sp³-hybridized carbons (Fsp3) is 0.562. The molecule has 1 fully saturated rings. The molecule has 0 amide bonds. The van der Waals surface area contributed by atoms with Crippen molar-refractivity contribution in [3.63, 3.8) is 0 Å². The largest absolute Gasteiger partial charge is 0.462 e. The molecular weight excluding hydrogens is 254 g/mol. The lowest BCUT2D eigenvalue weighted by Gasteiger charge is -2.18. The summed E-state index contributed by atoms with van der Waals surface area (Å²) in [5.74, 6) is 0. The van der Waals surface area contributed by atoms with Gasteiger partial charge in [0.15, 0.2) is 0 Å². The predicted molar refractivity (Wildman–Crippen MR) is 79.3 cm³/mol. The first-order valence-electron chi connectivity index (χ1n) is 7.02. The van der Waals surface area contributed by atoms with Gasteiger partial charge in [-0.2, -0.15) is 0 Å². The van der Waals surface area contributed by atoms with Crippen LogP contribution in [0.4, 0.5) is 0 Å². The average molecular weight is 279 g/mol. The SMILES string of the molecule is CC(C)(C)OC=O.OC(c1ccccc1)C1CCCN1. The molecule has 2 N–H and O–H groups in total. The first-order valence-corrected chi connectivity index (χ1v) is 7.02. The quantitative estimate of drug-likeness (QED) is 0.834. The van der Waals surface area contributed by atoms with Gasteiger partial charge in [-0.1, -0.05) is 30.3 Å². The van der Waals surface area contributed by atoms with Crippen LogP contribution in [-0.2, 0) is 9.53 Å². The van der Waals surface area contributed by atoms with Gasteiger partial charge in [-0.25, -0.2) is 0 Å². The zero-order valence-electron chi connectivity index (χ0n) is 12.5. The van der Waals surface area contributed by atoms with Crippen LogP contribution in [-0.4, -0.2) is 29.8 Å². The molecule has 2 atom stereocenters. The van der Waals surface area contributed by atoms with Gasteiger partial charge in [0.05, 0.1) is 6.10 Å². The fourth-order valence-corrected chi connectivity index (χ4v) is 2.01. The number of ether oxygens (including phenoxy) is 1. The van der Waals surface area contributed by atoms with Gasteiger partial charge in [0.25, 0.3) is 6.47 Å². The zero-order valence-corrected chi connectivity index (χ0v) is 12.5. The van der Waals surface area contributed by atoms with E-state index in [-0.39, 0.29) is 17.7 Å². The Morgan fingerprint density at radius 3 is 2.40 bits per heavy atom. The zero-order chi connectivity index (χ0) is 15.0. The molecular formula is C16H25NO3. The lowest BCUT2D eigenvalue weighted by molar-refractivity contribution is -0.138. The van der Waals surface area contributed by atoms with E-state index in [2.05, 4.69) is 10.1 Å². The highest BCUT2D eigenvalue weighted by Crippen LogP contribution is 2.22. The second kappa shape index (κ2) is 8.02. The highest BCUT2D eigenvalue weighted by atomic mass is 16.5. The summed E-state index contributed by atoms with van der Waals surface area (Å²) in [6.45, 7) is 6.96. The second-order valence-corrected chi connectivity index (χ2v) is 5.88. The Balaban J connectivity index is 0.000000246. The van der Waals surface area contributed by atoms with Gasteiger partial charge < -0.3 is 15.2 Å². The number of carbonyl (C=O) groups excluding carboxylic acids is 1. The maximum absolute atomic E-state index is 9.96. The summed E-state index contributed by atoms with van der Waals surface area (Å²) in [5.41, 5.74) is 0.698. The summed E-state index contributed by atoms with van der Waals surface area (Å²) in [6.07, 6.45) is 1.91. The van der Waals surface area contributed by atoms with Crippen molar-refractivity contribution >= 4 is 6.47 Å². The Bertz CT molecular complexity index is 380. The van der Waals surface area contributed by atoms with Gasteiger partial charge in [0, 0.05) is 6.04 Å². The number of rotatable bonds is 3. The summed E-state index contributed by atoms with van der Waals surface area (Å²) in [4.78, 5) is 9.60. The maximum atomic E-state index is 9.96. The Kier molecular flexibility index (Phi) is 6.68. The van der Waals surface area contributed by atoms with Crippen LogP contribution >= 0.6 is 0 Å². The number of hydrogen-bond donors (Lipinski definition) is 2. The number of benzene rings is 1. The highest BCUT2D eigenvalue weighted by molar-refractivity contribution is 5.37. The molecule has 4 heteroatoms. The Morgan fingerprint density at radius 2 is 2.00 bits per heavy atom. The molecule has 0 spiro atoms. The van der Waals surface area contributed by atoms with E-state index in [1.807, 2.05) is 51.1 Å². The molecule has 0 aliphatic carbocycles. The average Bonchev–Trinajstić information content (AvgIpc) is 2.92. The minimum absolute atomic E-state index is 0.252. The van der Waals surface area contributed by atoms with E-state index >= 15 is 0 Å². The minimum atomic E-state index is -0.344. The molecule has 0 radical (unpaired) electrons. The third-order valence-electron chi connectivity index (χ3n) is 3.02. The standard InChI is InChI=1S/C11H15NO.C5H10O2/c13-11(10-7-4-8-12-10)9-5-2-1-3-6-9;1-5(2,3)7-4-6/h1-3,5-6,10-13H,4,7-8H2;4H,1-3H3. The third kappa shape index (κ3) is 6.17. The van der Waals surface area contributed by atoms with E-state index in [0.29, 0.717) is 6.47 Å². The molecule has 1 aliphatic rings. The first-order chi connectivity index (χ1) is 9.44. The Labute approximate surface area is 121 Å². The van der Waals surface area contributed by atoms with Gasteiger partial charge >= 0.3 is 0 Å². The van der Waals surface area contributed by atoms with Crippen LogP contribution in [0.15, 0.2) is 30.3 Å². The van der Waals surface area contributed by atoms with Crippen LogP contribution in [0, 0.1) is 0 Å². The van der Waals surface area contributed by atoms with Crippen molar-refractivity contribution in [1.82, 2.24) is 5.32 Å². The summed E-state index contributed by atoms with van der Waals surface area (Å²) in [5, 5.41) is 13.3. The fourth-order valence-electron chi connectivity index (χ4n) is 2.01. The molecule has 4 nitrogen and oxygen atoms in total. The maximum Gasteiger partial charge on any atom is 0.293 e. The molecule has 2 unspecified atom stereocenters. The summed E-state index contributed by atoms with van der Waals surface area (Å²) in [7, 11) is 0. The monoisotopic (exact) mass is 279 g/mol. The topological polar surface area (TPSA) is 58.6 Å². The van der Waals surface area contributed by atoms with Gasteiger partial charge in [-0.15, -0.1) is 0 Å². The molecule has 20 heavy (non-hydrogen) atoms.